The summed E-state index contributed by atoms with van der Waals surface area (Å²) < 4.78 is 71.9. The highest BCUT2D eigenvalue weighted by atomic mass is 19.4. The summed E-state index contributed by atoms with van der Waals surface area (Å²) >= 11 is 0. The number of alkyl halides is 6. The average Bonchev–Trinajstić information content (AvgIpc) is 1.99. The van der Waals surface area contributed by atoms with Gasteiger partial charge in [0.1, 0.15) is 0 Å². The van der Waals surface area contributed by atoms with Gasteiger partial charge in [0.05, 0.1) is 0 Å². The van der Waals surface area contributed by atoms with Gasteiger partial charge in [-0.05, 0) is 19.3 Å². The predicted octanol–water partition coefficient (Wildman–Crippen LogP) is 4.47. The van der Waals surface area contributed by atoms with Crippen LogP contribution in [0.15, 0.2) is 12.2 Å². The van der Waals surface area contributed by atoms with E-state index in [1.54, 1.807) is 13.0 Å². The van der Waals surface area contributed by atoms with Crippen molar-refractivity contribution in [3.05, 3.63) is 12.2 Å². The minimum absolute atomic E-state index is 0.211. The molecule has 0 rings (SSSR count). The van der Waals surface area contributed by atoms with Crippen molar-refractivity contribution in [2.24, 2.45) is 5.92 Å². The highest BCUT2D eigenvalue weighted by Crippen LogP contribution is 2.41. The van der Waals surface area contributed by atoms with E-state index in [1.807, 2.05) is 0 Å². The van der Waals surface area contributed by atoms with E-state index >= 15 is 0 Å². The second-order valence-corrected chi connectivity index (χ2v) is 3.09. The third kappa shape index (κ3) is 5.69. The quantitative estimate of drug-likeness (QED) is 0.497. The number of allylic oxidation sites excluding steroid dienone is 2. The van der Waals surface area contributed by atoms with Crippen LogP contribution >= 0.6 is 0 Å². The molecule has 0 bridgehead atoms. The molecular formula is C9H12F6. The van der Waals surface area contributed by atoms with Crippen LogP contribution in [0.1, 0.15) is 26.2 Å². The van der Waals surface area contributed by atoms with Crippen molar-refractivity contribution in [1.82, 2.24) is 0 Å². The Labute approximate surface area is 84.0 Å². The van der Waals surface area contributed by atoms with Crippen molar-refractivity contribution in [1.29, 1.82) is 0 Å². The monoisotopic (exact) mass is 234 g/mol. The molecule has 0 heterocycles. The van der Waals surface area contributed by atoms with E-state index in [-0.39, 0.29) is 6.42 Å². The fourth-order valence-corrected chi connectivity index (χ4v) is 1.06. The molecule has 0 saturated heterocycles. The lowest BCUT2D eigenvalue weighted by molar-refractivity contribution is -0.285. The summed E-state index contributed by atoms with van der Waals surface area (Å²) in [5.74, 6) is -3.22. The van der Waals surface area contributed by atoms with E-state index in [0.717, 1.165) is 0 Å². The Morgan fingerprint density at radius 2 is 1.40 bits per heavy atom. The zero-order valence-electron chi connectivity index (χ0n) is 8.12. The maximum Gasteiger partial charge on any atom is 0.400 e. The van der Waals surface area contributed by atoms with Gasteiger partial charge in [-0.25, -0.2) is 0 Å². The van der Waals surface area contributed by atoms with Crippen LogP contribution in [0.5, 0.6) is 0 Å². The van der Waals surface area contributed by atoms with Gasteiger partial charge in [0, 0.05) is 0 Å². The Kier molecular flexibility index (Phi) is 5.17. The summed E-state index contributed by atoms with van der Waals surface area (Å²) in [6.07, 6.45) is -8.09. The first-order chi connectivity index (χ1) is 6.69. The molecular weight excluding hydrogens is 222 g/mol. The van der Waals surface area contributed by atoms with E-state index in [9.17, 15) is 26.3 Å². The molecule has 0 aromatic rings. The molecule has 0 spiro atoms. The van der Waals surface area contributed by atoms with Crippen molar-refractivity contribution in [3.63, 3.8) is 0 Å². The molecule has 0 amide bonds. The summed E-state index contributed by atoms with van der Waals surface area (Å²) in [4.78, 5) is 0. The van der Waals surface area contributed by atoms with E-state index < -0.39 is 24.7 Å². The van der Waals surface area contributed by atoms with Gasteiger partial charge in [-0.2, -0.15) is 26.3 Å². The summed E-state index contributed by atoms with van der Waals surface area (Å²) in [5.41, 5.74) is 0. The lowest BCUT2D eigenvalue weighted by atomic mass is 10.0. The van der Waals surface area contributed by atoms with Gasteiger partial charge in [-0.15, -0.1) is 0 Å². The predicted molar refractivity (Wildman–Crippen MR) is 44.3 cm³/mol. The Morgan fingerprint density at radius 3 is 1.73 bits per heavy atom. The molecule has 15 heavy (non-hydrogen) atoms. The van der Waals surface area contributed by atoms with Crippen LogP contribution in [-0.4, -0.2) is 12.4 Å². The number of rotatable bonds is 4. The van der Waals surface area contributed by atoms with E-state index in [4.69, 9.17) is 0 Å². The van der Waals surface area contributed by atoms with Crippen LogP contribution in [0.25, 0.3) is 0 Å². The van der Waals surface area contributed by atoms with Crippen molar-refractivity contribution in [2.45, 2.75) is 38.5 Å². The summed E-state index contributed by atoms with van der Waals surface area (Å²) in [7, 11) is 0. The SMILES string of the molecule is CCC=CCCC(C(F)(F)F)C(F)(F)F. The second kappa shape index (κ2) is 5.42. The summed E-state index contributed by atoms with van der Waals surface area (Å²) in [6, 6.07) is 0. The van der Waals surface area contributed by atoms with Crippen molar-refractivity contribution in [2.75, 3.05) is 0 Å². The third-order valence-electron chi connectivity index (χ3n) is 1.81. The van der Waals surface area contributed by atoms with Crippen LogP contribution in [0, 0.1) is 5.92 Å². The highest BCUT2D eigenvalue weighted by molar-refractivity contribution is 4.84. The Morgan fingerprint density at radius 1 is 0.933 bits per heavy atom. The van der Waals surface area contributed by atoms with Crippen molar-refractivity contribution >= 4 is 0 Å². The topological polar surface area (TPSA) is 0 Å². The van der Waals surface area contributed by atoms with Gasteiger partial charge in [0.25, 0.3) is 0 Å². The maximum atomic E-state index is 12.0. The normalized spacial score (nSPS) is 14.1. The number of hydrogen-bond acceptors (Lipinski definition) is 0. The minimum Gasteiger partial charge on any atom is -0.170 e. The molecule has 0 aliphatic heterocycles. The number of hydrogen-bond donors (Lipinski definition) is 0. The molecule has 6 heteroatoms. The summed E-state index contributed by atoms with van der Waals surface area (Å²) in [6.45, 7) is 1.75. The first-order valence-electron chi connectivity index (χ1n) is 4.48. The van der Waals surface area contributed by atoms with Crippen LogP contribution < -0.4 is 0 Å². The van der Waals surface area contributed by atoms with Gasteiger partial charge < -0.3 is 0 Å². The zero-order chi connectivity index (χ0) is 12.1. The standard InChI is InChI=1S/C9H12F6/c1-2-3-4-5-6-7(8(10,11)12)9(13,14)15/h3-4,7H,2,5-6H2,1H3. The third-order valence-corrected chi connectivity index (χ3v) is 1.81. The van der Waals surface area contributed by atoms with E-state index in [1.165, 1.54) is 6.08 Å². The molecule has 0 nitrogen and oxygen atoms in total. The maximum absolute atomic E-state index is 12.0. The molecule has 90 valence electrons. The fourth-order valence-electron chi connectivity index (χ4n) is 1.06. The first kappa shape index (κ1) is 14.3. The Hall–Kier alpha value is -0.680. The fraction of sp³-hybridized carbons (Fsp3) is 0.778. The molecule has 0 aliphatic rings. The van der Waals surface area contributed by atoms with Crippen LogP contribution in [0.4, 0.5) is 26.3 Å². The Balaban J connectivity index is 4.35. The molecule has 0 radical (unpaired) electrons. The van der Waals surface area contributed by atoms with Gasteiger partial charge in [-0.3, -0.25) is 0 Å². The molecule has 0 saturated carbocycles. The first-order valence-corrected chi connectivity index (χ1v) is 4.48. The molecule has 0 fully saturated rings. The smallest absolute Gasteiger partial charge is 0.170 e. The van der Waals surface area contributed by atoms with Gasteiger partial charge in [0.2, 0.25) is 0 Å². The molecule has 0 atom stereocenters. The molecule has 0 unspecified atom stereocenters. The molecule has 0 N–H and O–H groups in total. The Bertz CT molecular complexity index is 186. The van der Waals surface area contributed by atoms with Crippen LogP contribution in [-0.2, 0) is 0 Å². The average molecular weight is 234 g/mol. The second-order valence-electron chi connectivity index (χ2n) is 3.09. The van der Waals surface area contributed by atoms with Crippen molar-refractivity contribution < 1.29 is 26.3 Å². The van der Waals surface area contributed by atoms with E-state index in [0.29, 0.717) is 6.42 Å². The lowest BCUT2D eigenvalue weighted by Crippen LogP contribution is -2.36. The number of halogens is 6. The largest absolute Gasteiger partial charge is 0.400 e. The van der Waals surface area contributed by atoms with Crippen molar-refractivity contribution in [3.8, 4) is 0 Å². The van der Waals surface area contributed by atoms with Gasteiger partial charge >= 0.3 is 12.4 Å². The molecule has 0 aromatic carbocycles. The summed E-state index contributed by atoms with van der Waals surface area (Å²) in [5, 5.41) is 0. The minimum atomic E-state index is -5.21. The van der Waals surface area contributed by atoms with Gasteiger partial charge in [0.15, 0.2) is 5.92 Å². The lowest BCUT2D eigenvalue weighted by Gasteiger charge is -2.22. The van der Waals surface area contributed by atoms with Crippen LogP contribution in [0.3, 0.4) is 0 Å². The van der Waals surface area contributed by atoms with E-state index in [2.05, 4.69) is 0 Å². The van der Waals surface area contributed by atoms with Crippen LogP contribution in [0.2, 0.25) is 0 Å². The zero-order valence-corrected chi connectivity index (χ0v) is 8.12. The molecule has 0 aromatic heterocycles. The highest BCUT2D eigenvalue weighted by Gasteiger charge is 2.55. The van der Waals surface area contributed by atoms with Gasteiger partial charge in [-0.1, -0.05) is 19.1 Å². The molecule has 0 aliphatic carbocycles.